The number of nitrogens with zero attached hydrogens (tertiary/aromatic N) is 1. The largest absolute Gasteiger partial charge is 0.489 e. The van der Waals surface area contributed by atoms with E-state index < -0.39 is 0 Å². The van der Waals surface area contributed by atoms with E-state index in [0.717, 1.165) is 27.8 Å². The zero-order valence-electron chi connectivity index (χ0n) is 17.0. The molecule has 1 amide bonds. The normalized spacial score (nSPS) is 10.5. The van der Waals surface area contributed by atoms with Crippen LogP contribution in [-0.2, 0) is 6.61 Å². The van der Waals surface area contributed by atoms with Crippen molar-refractivity contribution in [2.45, 2.75) is 13.5 Å². The summed E-state index contributed by atoms with van der Waals surface area (Å²) in [7, 11) is 0. The van der Waals surface area contributed by atoms with Gasteiger partial charge in [0.15, 0.2) is 5.11 Å². The Morgan fingerprint density at radius 3 is 2.48 bits per heavy atom. The quantitative estimate of drug-likeness (QED) is 0.426. The minimum absolute atomic E-state index is 0.225. The fourth-order valence-corrected chi connectivity index (χ4v) is 3.34. The second-order valence-electron chi connectivity index (χ2n) is 7.03. The molecule has 2 N–H and O–H groups in total. The molecule has 0 saturated carbocycles. The van der Waals surface area contributed by atoms with Gasteiger partial charge in [0.05, 0.1) is 5.52 Å². The third kappa shape index (κ3) is 5.24. The van der Waals surface area contributed by atoms with E-state index in [1.54, 1.807) is 24.3 Å². The van der Waals surface area contributed by atoms with Gasteiger partial charge in [-0.15, -0.1) is 0 Å². The molecule has 0 aliphatic carbocycles. The summed E-state index contributed by atoms with van der Waals surface area (Å²) in [5, 5.41) is 6.97. The van der Waals surface area contributed by atoms with Crippen molar-refractivity contribution in [2.24, 2.45) is 0 Å². The topological polar surface area (TPSA) is 63.2 Å². The molecule has 5 nitrogen and oxygen atoms in total. The van der Waals surface area contributed by atoms with Gasteiger partial charge in [0.1, 0.15) is 12.4 Å². The van der Waals surface area contributed by atoms with E-state index >= 15 is 0 Å². The summed E-state index contributed by atoms with van der Waals surface area (Å²) in [6.45, 7) is 2.42. The second-order valence-corrected chi connectivity index (χ2v) is 7.44. The number of carbonyl (C=O) groups excluding carboxylic acids is 1. The highest BCUT2D eigenvalue weighted by atomic mass is 32.1. The van der Waals surface area contributed by atoms with Crippen LogP contribution in [-0.4, -0.2) is 16.0 Å². The Kier molecular flexibility index (Phi) is 6.19. The van der Waals surface area contributed by atoms with Crippen molar-refractivity contribution in [1.29, 1.82) is 0 Å². The van der Waals surface area contributed by atoms with Gasteiger partial charge in [0.25, 0.3) is 5.91 Å². The predicted octanol–water partition coefficient (Wildman–Crippen LogP) is 5.25. The fourth-order valence-electron chi connectivity index (χ4n) is 3.14. The van der Waals surface area contributed by atoms with Crippen LogP contribution in [0.4, 0.5) is 5.69 Å². The molecule has 0 atom stereocenters. The van der Waals surface area contributed by atoms with Gasteiger partial charge in [0.2, 0.25) is 0 Å². The van der Waals surface area contributed by atoms with Crippen molar-refractivity contribution in [3.05, 3.63) is 102 Å². The number of amides is 1. The summed E-state index contributed by atoms with van der Waals surface area (Å²) in [6.07, 6.45) is 0. The van der Waals surface area contributed by atoms with Crippen molar-refractivity contribution in [3.63, 3.8) is 0 Å². The van der Waals surface area contributed by atoms with Crippen LogP contribution in [0.1, 0.15) is 21.6 Å². The van der Waals surface area contributed by atoms with E-state index in [2.05, 4.69) is 15.6 Å². The van der Waals surface area contributed by atoms with Gasteiger partial charge in [0, 0.05) is 22.3 Å². The number of aromatic nitrogens is 1. The highest BCUT2D eigenvalue weighted by Crippen LogP contribution is 2.22. The lowest BCUT2D eigenvalue weighted by Gasteiger charge is -2.12. The number of nitrogens with one attached hydrogen (secondary N) is 2. The fraction of sp³-hybridized carbons (Fsp3) is 0.0800. The number of hydrogen-bond acceptors (Lipinski definition) is 4. The lowest BCUT2D eigenvalue weighted by atomic mass is 10.1. The van der Waals surface area contributed by atoms with E-state index in [0.29, 0.717) is 17.9 Å². The number of ether oxygens (including phenoxy) is 1. The Hall–Kier alpha value is -3.77. The Morgan fingerprint density at radius 1 is 0.935 bits per heavy atom. The van der Waals surface area contributed by atoms with Crippen molar-refractivity contribution in [3.8, 4) is 5.75 Å². The molecule has 0 aliphatic heterocycles. The summed E-state index contributed by atoms with van der Waals surface area (Å²) in [6, 6.07) is 26.5. The molecule has 1 heterocycles. The molecule has 0 radical (unpaired) electrons. The maximum Gasteiger partial charge on any atom is 0.257 e. The van der Waals surface area contributed by atoms with Gasteiger partial charge in [-0.3, -0.25) is 15.1 Å². The van der Waals surface area contributed by atoms with E-state index in [1.165, 1.54) is 0 Å². The number of thiocarbonyl (C=S) groups is 1. The van der Waals surface area contributed by atoms with E-state index in [1.807, 2.05) is 67.6 Å². The number of carbonyl (C=O) groups is 1. The zero-order valence-corrected chi connectivity index (χ0v) is 17.8. The summed E-state index contributed by atoms with van der Waals surface area (Å²) in [5.41, 5.74) is 4.17. The van der Waals surface area contributed by atoms with Crippen molar-refractivity contribution in [1.82, 2.24) is 10.3 Å². The standard InChI is InChI=1S/C25H21N3O2S/c1-17-10-15-21-22(26-17)8-5-9-23(21)27-25(31)28-24(29)19-11-13-20(14-12-19)30-16-18-6-3-2-4-7-18/h2-15H,16H2,1H3,(H2,27,28,29,31). The third-order valence-corrected chi connectivity index (χ3v) is 4.92. The summed E-state index contributed by atoms with van der Waals surface area (Å²) < 4.78 is 5.76. The highest BCUT2D eigenvalue weighted by Gasteiger charge is 2.10. The van der Waals surface area contributed by atoms with Crippen LogP contribution in [0.2, 0.25) is 0 Å². The van der Waals surface area contributed by atoms with E-state index in [9.17, 15) is 4.79 Å². The maximum absolute atomic E-state index is 12.6. The smallest absolute Gasteiger partial charge is 0.257 e. The van der Waals surface area contributed by atoms with E-state index in [4.69, 9.17) is 17.0 Å². The van der Waals surface area contributed by atoms with Crippen LogP contribution in [0.15, 0.2) is 84.9 Å². The summed E-state index contributed by atoms with van der Waals surface area (Å²) >= 11 is 5.33. The molecule has 0 saturated heterocycles. The Morgan fingerprint density at radius 2 is 1.71 bits per heavy atom. The number of benzene rings is 3. The molecular weight excluding hydrogens is 406 g/mol. The highest BCUT2D eigenvalue weighted by molar-refractivity contribution is 7.80. The van der Waals surface area contributed by atoms with Crippen LogP contribution >= 0.6 is 12.2 Å². The van der Waals surface area contributed by atoms with Gasteiger partial charge < -0.3 is 10.1 Å². The maximum atomic E-state index is 12.6. The molecule has 4 rings (SSSR count). The number of aryl methyl sites for hydroxylation is 1. The molecule has 0 spiro atoms. The van der Waals surface area contributed by atoms with Crippen LogP contribution < -0.4 is 15.4 Å². The molecule has 4 aromatic rings. The first-order valence-electron chi connectivity index (χ1n) is 9.84. The molecular formula is C25H21N3O2S. The molecule has 0 bridgehead atoms. The Labute approximate surface area is 186 Å². The molecule has 6 heteroatoms. The SMILES string of the molecule is Cc1ccc2c(NC(=S)NC(=O)c3ccc(OCc4ccccc4)cc3)cccc2n1. The van der Waals surface area contributed by atoms with Crippen LogP contribution in [0.5, 0.6) is 5.75 Å². The third-order valence-electron chi connectivity index (χ3n) is 4.71. The number of pyridine rings is 1. The van der Waals surface area contributed by atoms with Crippen molar-refractivity contribution < 1.29 is 9.53 Å². The molecule has 1 aromatic heterocycles. The van der Waals surface area contributed by atoms with Crippen LogP contribution in [0.25, 0.3) is 10.9 Å². The lowest BCUT2D eigenvalue weighted by molar-refractivity contribution is 0.0977. The van der Waals surface area contributed by atoms with Gasteiger partial charge in [-0.2, -0.15) is 0 Å². The first-order chi connectivity index (χ1) is 15.1. The lowest BCUT2D eigenvalue weighted by Crippen LogP contribution is -2.34. The molecule has 3 aromatic carbocycles. The summed E-state index contributed by atoms with van der Waals surface area (Å²) in [5.74, 6) is 0.404. The van der Waals surface area contributed by atoms with Gasteiger partial charge in [-0.05, 0) is 73.2 Å². The number of rotatable bonds is 5. The van der Waals surface area contributed by atoms with Crippen molar-refractivity contribution in [2.75, 3.05) is 5.32 Å². The average molecular weight is 428 g/mol. The molecule has 31 heavy (non-hydrogen) atoms. The number of hydrogen-bond donors (Lipinski definition) is 2. The Bertz CT molecular complexity index is 1220. The summed E-state index contributed by atoms with van der Waals surface area (Å²) in [4.78, 5) is 17.1. The Balaban J connectivity index is 1.36. The minimum atomic E-state index is -0.290. The molecule has 0 unspecified atom stereocenters. The van der Waals surface area contributed by atoms with Crippen molar-refractivity contribution >= 4 is 39.8 Å². The van der Waals surface area contributed by atoms with Gasteiger partial charge in [-0.25, -0.2) is 0 Å². The zero-order chi connectivity index (χ0) is 21.6. The first kappa shape index (κ1) is 20.5. The van der Waals surface area contributed by atoms with Gasteiger partial charge >= 0.3 is 0 Å². The number of anilines is 1. The van der Waals surface area contributed by atoms with Crippen LogP contribution in [0, 0.1) is 6.92 Å². The molecule has 0 fully saturated rings. The average Bonchev–Trinajstić information content (AvgIpc) is 2.78. The van der Waals surface area contributed by atoms with Crippen LogP contribution in [0.3, 0.4) is 0 Å². The molecule has 154 valence electrons. The minimum Gasteiger partial charge on any atom is -0.489 e. The monoisotopic (exact) mass is 427 g/mol. The van der Waals surface area contributed by atoms with E-state index in [-0.39, 0.29) is 11.0 Å². The predicted molar refractivity (Wildman–Crippen MR) is 127 cm³/mol. The molecule has 0 aliphatic rings. The second kappa shape index (κ2) is 9.36. The number of fused-ring (bicyclic) bond motifs is 1. The van der Waals surface area contributed by atoms with Gasteiger partial charge in [-0.1, -0.05) is 36.4 Å². The first-order valence-corrected chi connectivity index (χ1v) is 10.2.